The van der Waals surface area contributed by atoms with Crippen LogP contribution in [0.2, 0.25) is 0 Å². The molecule has 188 valence electrons. The van der Waals surface area contributed by atoms with Gasteiger partial charge in [-0.1, -0.05) is 0 Å². The van der Waals surface area contributed by atoms with Crippen LogP contribution in [0.5, 0.6) is 0 Å². The van der Waals surface area contributed by atoms with Gasteiger partial charge in [-0.15, -0.1) is 0 Å². The van der Waals surface area contributed by atoms with Crippen LogP contribution in [-0.4, -0.2) is 131 Å². The fraction of sp³-hybridized carbons (Fsp3) is 1.00. The van der Waals surface area contributed by atoms with E-state index in [1.165, 1.54) is 85.1 Å². The maximum atomic E-state index is 4.07. The average Bonchev–Trinajstić information content (AvgIpc) is 2.78. The summed E-state index contributed by atoms with van der Waals surface area (Å²) in [4.78, 5) is 3.48. The van der Waals surface area contributed by atoms with Crippen LogP contribution in [0.25, 0.3) is 0 Å². The first-order valence-corrected chi connectivity index (χ1v) is 13.2. The van der Waals surface area contributed by atoms with Crippen molar-refractivity contribution < 1.29 is 59.3 Å². The van der Waals surface area contributed by atoms with Gasteiger partial charge in [0.05, 0.1) is 0 Å². The zero-order valence-corrected chi connectivity index (χ0v) is 20.9. The molecule has 11 nitrogen and oxygen atoms in total. The molecule has 0 saturated heterocycles. The fourth-order valence-corrected chi connectivity index (χ4v) is 3.92. The molecule has 0 fully saturated rings. The van der Waals surface area contributed by atoms with Crippen molar-refractivity contribution in [3.8, 4) is 0 Å². The molecular weight excluding hydrogens is 394 g/mol. The second kappa shape index (κ2) is 25.8. The van der Waals surface area contributed by atoms with E-state index >= 15 is 0 Å². The molecule has 0 rings (SSSR count). The molecule has 0 aliphatic heterocycles. The van der Waals surface area contributed by atoms with Crippen molar-refractivity contribution in [1.82, 2.24) is 0 Å². The molecule has 0 heterocycles. The van der Waals surface area contributed by atoms with E-state index in [0.29, 0.717) is 0 Å². The predicted octanol–water partition coefficient (Wildman–Crippen LogP) is -15.5. The van der Waals surface area contributed by atoms with Crippen molar-refractivity contribution in [2.45, 2.75) is 0 Å². The fourth-order valence-electron chi connectivity index (χ4n) is 3.92. The second-order valence-electron chi connectivity index (χ2n) is 8.74. The molecule has 0 amide bonds. The number of nitrogens with one attached hydrogen (secondary N) is 2. The van der Waals surface area contributed by atoms with E-state index in [4.69, 9.17) is 0 Å². The summed E-state index contributed by atoms with van der Waals surface area (Å²) in [5.41, 5.74) is 15.8. The summed E-state index contributed by atoms with van der Waals surface area (Å²) >= 11 is 0. The Morgan fingerprint density at radius 3 is 0.968 bits per heavy atom. The van der Waals surface area contributed by atoms with Crippen molar-refractivity contribution in [2.24, 2.45) is 0 Å². The van der Waals surface area contributed by atoms with Crippen molar-refractivity contribution in [1.29, 1.82) is 0 Å². The average molecular weight is 459 g/mol. The van der Waals surface area contributed by atoms with Gasteiger partial charge >= 0.3 is 0 Å². The Morgan fingerprint density at radius 2 is 0.613 bits per heavy atom. The Balaban J connectivity index is 3.99. The van der Waals surface area contributed by atoms with Gasteiger partial charge in [0.1, 0.15) is 131 Å². The molecule has 0 aromatic carbocycles. The number of rotatable bonds is 26. The van der Waals surface area contributed by atoms with Crippen molar-refractivity contribution >= 4 is 0 Å². The van der Waals surface area contributed by atoms with Gasteiger partial charge < -0.3 is 59.3 Å². The molecular formula is C20H64N11+11. The number of hydrogen-bond donors (Lipinski definition) is 11. The lowest BCUT2D eigenvalue weighted by Crippen LogP contribution is -3.20. The molecule has 31 heavy (non-hydrogen) atoms. The largest absolute Gasteiger partial charge is 0.353 e. The normalized spacial score (nSPS) is 13.5. The Bertz CT molecular complexity index is 336. The summed E-state index contributed by atoms with van der Waals surface area (Å²) in [6, 6.07) is 0. The Hall–Kier alpha value is -0.440. The van der Waals surface area contributed by atoms with E-state index in [1.54, 1.807) is 9.80 Å². The minimum Gasteiger partial charge on any atom is -0.353 e. The maximum Gasteiger partial charge on any atom is 0.127 e. The Kier molecular flexibility index (Phi) is 25.5. The van der Waals surface area contributed by atoms with E-state index in [-0.39, 0.29) is 0 Å². The van der Waals surface area contributed by atoms with Gasteiger partial charge in [-0.25, -0.2) is 0 Å². The maximum absolute atomic E-state index is 4.07. The van der Waals surface area contributed by atoms with E-state index in [0.717, 1.165) is 45.8 Å². The molecule has 2 atom stereocenters. The molecule has 0 aromatic heterocycles. The molecule has 0 spiro atoms. The number of nitrogens with two attached hydrogens (primary N) is 5. The van der Waals surface area contributed by atoms with Crippen molar-refractivity contribution in [2.75, 3.05) is 131 Å². The topological polar surface area (TPSA) is 202 Å². The Labute approximate surface area is 190 Å². The Morgan fingerprint density at radius 1 is 0.323 bits per heavy atom. The van der Waals surface area contributed by atoms with Gasteiger partial charge in [-0.05, 0) is 0 Å². The molecule has 0 aliphatic rings. The minimum absolute atomic E-state index is 1.02. The molecule has 0 radical (unpaired) electrons. The lowest BCUT2D eigenvalue weighted by atomic mass is 10.4. The summed E-state index contributed by atoms with van der Waals surface area (Å²) in [5, 5.41) is 12.3. The van der Waals surface area contributed by atoms with Crippen molar-refractivity contribution in [3.05, 3.63) is 0 Å². The van der Waals surface area contributed by atoms with E-state index < -0.39 is 0 Å². The third kappa shape index (κ3) is 22.5. The molecule has 24 N–H and O–H groups in total. The third-order valence-corrected chi connectivity index (χ3v) is 5.84. The van der Waals surface area contributed by atoms with Crippen molar-refractivity contribution in [3.63, 3.8) is 0 Å². The van der Waals surface area contributed by atoms with Crippen LogP contribution < -0.4 is 59.3 Å². The van der Waals surface area contributed by atoms with Gasteiger partial charge in [0.15, 0.2) is 0 Å². The smallest absolute Gasteiger partial charge is 0.127 e. The van der Waals surface area contributed by atoms with E-state index in [9.17, 15) is 0 Å². The first kappa shape index (κ1) is 30.6. The number of hydrogen-bond acceptors (Lipinski definition) is 0. The summed E-state index contributed by atoms with van der Waals surface area (Å²) in [7, 11) is 0. The van der Waals surface area contributed by atoms with Gasteiger partial charge in [-0.3, -0.25) is 0 Å². The van der Waals surface area contributed by atoms with Crippen LogP contribution in [0.3, 0.4) is 0 Å². The zero-order valence-electron chi connectivity index (χ0n) is 20.9. The highest BCUT2D eigenvalue weighted by molar-refractivity contribution is 4.32. The molecule has 11 heteroatoms. The van der Waals surface area contributed by atoms with Gasteiger partial charge in [0.25, 0.3) is 0 Å². The van der Waals surface area contributed by atoms with Gasteiger partial charge in [0, 0.05) is 0 Å². The zero-order chi connectivity index (χ0) is 22.8. The van der Waals surface area contributed by atoms with Crippen LogP contribution in [0.4, 0.5) is 0 Å². The van der Waals surface area contributed by atoms with Gasteiger partial charge in [-0.2, -0.15) is 0 Å². The lowest BCUT2D eigenvalue weighted by molar-refractivity contribution is -0.942. The highest BCUT2D eigenvalue weighted by atomic mass is 15.2. The molecule has 2 unspecified atom stereocenters. The van der Waals surface area contributed by atoms with Crippen LogP contribution in [-0.2, 0) is 0 Å². The summed E-state index contributed by atoms with van der Waals surface area (Å²) < 4.78 is 0. The highest BCUT2D eigenvalue weighted by Crippen LogP contribution is 1.51. The quantitative estimate of drug-likeness (QED) is 0.0547. The molecule has 0 aliphatic carbocycles. The van der Waals surface area contributed by atoms with Crippen LogP contribution in [0.1, 0.15) is 0 Å². The first-order chi connectivity index (χ1) is 15.3. The lowest BCUT2D eigenvalue weighted by Gasteiger charge is -2.18. The van der Waals surface area contributed by atoms with E-state index in [1.807, 2.05) is 0 Å². The van der Waals surface area contributed by atoms with Crippen LogP contribution >= 0.6 is 0 Å². The highest BCUT2D eigenvalue weighted by Gasteiger charge is 2.13. The molecule has 0 aromatic rings. The third-order valence-electron chi connectivity index (χ3n) is 5.84. The standard InChI is InChI=1S/C20H53N11/c21-1-5-25-8-9-28-12-19-31(18-11-27-7-3-23)20-14-29-13-17-30(15-4-24)16-10-26-6-2-22/h25-29H,1-24H2/p+11. The summed E-state index contributed by atoms with van der Waals surface area (Å²) in [5.74, 6) is 0. The summed E-state index contributed by atoms with van der Waals surface area (Å²) in [6.45, 7) is 23.8. The monoisotopic (exact) mass is 459 g/mol. The van der Waals surface area contributed by atoms with Crippen LogP contribution in [0.15, 0.2) is 0 Å². The van der Waals surface area contributed by atoms with Gasteiger partial charge in [0.2, 0.25) is 0 Å². The van der Waals surface area contributed by atoms with E-state index in [2.05, 4.69) is 49.5 Å². The second-order valence-corrected chi connectivity index (χ2v) is 8.74. The summed E-state index contributed by atoms with van der Waals surface area (Å²) in [6.07, 6.45) is 0. The SMILES string of the molecule is [NH3+]CC[NH2+]CC[NH2+]CC[NH+](CC[NH2+]CC[NH3+])CC[NH2+]CC[NH+](CC[NH3+])CC[NH2+]CC[NH3+]. The van der Waals surface area contributed by atoms with Crippen LogP contribution in [0, 0.1) is 0 Å². The predicted molar refractivity (Wildman–Crippen MR) is 120 cm³/mol. The first-order valence-electron chi connectivity index (χ1n) is 13.2. The minimum atomic E-state index is 1.02. The molecule has 0 saturated carbocycles. The number of quaternary nitrogens is 11. The molecule has 0 bridgehead atoms.